The van der Waals surface area contributed by atoms with Gasteiger partial charge in [-0.1, -0.05) is 12.1 Å². The Hall–Kier alpha value is -2.93. The monoisotopic (exact) mass is 373 g/mol. The summed E-state index contributed by atoms with van der Waals surface area (Å²) in [6.45, 7) is 0.319. The van der Waals surface area contributed by atoms with Crippen LogP contribution in [0.1, 0.15) is 11.6 Å². The SMILES string of the molecule is CN(C)c1ccc([C@H](CNC(=O)C(=O)Nc2ccc(F)cc2)[NH+](C)C)cc1. The third kappa shape index (κ3) is 5.79. The number of carbonyl (C=O) groups excluding carboxylic acids is 2. The van der Waals surface area contributed by atoms with Gasteiger partial charge in [-0.15, -0.1) is 0 Å². The van der Waals surface area contributed by atoms with Gasteiger partial charge in [0.05, 0.1) is 20.6 Å². The predicted molar refractivity (Wildman–Crippen MR) is 104 cm³/mol. The molecule has 0 fully saturated rings. The van der Waals surface area contributed by atoms with E-state index in [0.29, 0.717) is 12.2 Å². The van der Waals surface area contributed by atoms with Crippen LogP contribution in [0.25, 0.3) is 0 Å². The standard InChI is InChI=1S/C20H25FN4O2/c1-24(2)17-11-5-14(6-12-17)18(25(3)4)13-22-19(26)20(27)23-16-9-7-15(21)8-10-16/h5-12,18H,13H2,1-4H3,(H,22,26)(H,23,27)/p+1/t18-/m0/s1. The minimum absolute atomic E-state index is 0.00350. The maximum atomic E-state index is 12.9. The molecule has 3 N–H and O–H groups in total. The van der Waals surface area contributed by atoms with Crippen LogP contribution in [0.4, 0.5) is 15.8 Å². The number of halogens is 1. The fourth-order valence-corrected chi connectivity index (χ4v) is 2.66. The summed E-state index contributed by atoms with van der Waals surface area (Å²) >= 11 is 0. The first-order chi connectivity index (χ1) is 12.8. The van der Waals surface area contributed by atoms with Gasteiger partial charge < -0.3 is 20.4 Å². The molecule has 0 saturated carbocycles. The molecule has 0 bridgehead atoms. The van der Waals surface area contributed by atoms with Gasteiger partial charge in [0, 0.05) is 31.0 Å². The lowest BCUT2D eigenvalue weighted by Crippen LogP contribution is -3.07. The third-order valence-electron chi connectivity index (χ3n) is 4.28. The molecule has 2 aromatic rings. The maximum absolute atomic E-state index is 12.9. The summed E-state index contributed by atoms with van der Waals surface area (Å²) in [7, 11) is 7.94. The zero-order chi connectivity index (χ0) is 20.0. The molecule has 0 heterocycles. The Morgan fingerprint density at radius 1 is 1.00 bits per heavy atom. The number of carbonyl (C=O) groups is 2. The summed E-state index contributed by atoms with van der Waals surface area (Å²) in [5.74, 6) is -1.91. The molecule has 7 heteroatoms. The molecule has 144 valence electrons. The second-order valence-corrected chi connectivity index (χ2v) is 6.79. The van der Waals surface area contributed by atoms with Crippen molar-refractivity contribution in [3.63, 3.8) is 0 Å². The molecule has 0 unspecified atom stereocenters. The van der Waals surface area contributed by atoms with Crippen molar-refractivity contribution in [3.05, 3.63) is 59.9 Å². The number of hydrogen-bond donors (Lipinski definition) is 3. The fraction of sp³-hybridized carbons (Fsp3) is 0.300. The third-order valence-corrected chi connectivity index (χ3v) is 4.28. The van der Waals surface area contributed by atoms with Crippen LogP contribution in [-0.4, -0.2) is 46.5 Å². The highest BCUT2D eigenvalue weighted by atomic mass is 19.1. The summed E-state index contributed by atoms with van der Waals surface area (Å²) < 4.78 is 12.9. The van der Waals surface area contributed by atoms with Crippen molar-refractivity contribution in [3.8, 4) is 0 Å². The van der Waals surface area contributed by atoms with Gasteiger partial charge in [0.2, 0.25) is 0 Å². The number of anilines is 2. The van der Waals surface area contributed by atoms with E-state index in [1.807, 2.05) is 57.4 Å². The van der Waals surface area contributed by atoms with Crippen LogP contribution in [0.15, 0.2) is 48.5 Å². The van der Waals surface area contributed by atoms with E-state index < -0.39 is 17.6 Å². The zero-order valence-corrected chi connectivity index (χ0v) is 16.0. The largest absolute Gasteiger partial charge is 0.378 e. The highest BCUT2D eigenvalue weighted by Crippen LogP contribution is 2.16. The van der Waals surface area contributed by atoms with Crippen LogP contribution in [0.5, 0.6) is 0 Å². The average molecular weight is 373 g/mol. The summed E-state index contributed by atoms with van der Waals surface area (Å²) in [4.78, 5) is 27.3. The van der Waals surface area contributed by atoms with E-state index >= 15 is 0 Å². The number of nitrogens with zero attached hydrogens (tertiary/aromatic N) is 1. The Morgan fingerprint density at radius 3 is 2.11 bits per heavy atom. The molecule has 2 aromatic carbocycles. The van der Waals surface area contributed by atoms with Crippen molar-refractivity contribution in [1.29, 1.82) is 0 Å². The smallest absolute Gasteiger partial charge is 0.313 e. The van der Waals surface area contributed by atoms with Crippen molar-refractivity contribution in [2.75, 3.05) is 45.0 Å². The molecule has 0 saturated heterocycles. The average Bonchev–Trinajstić information content (AvgIpc) is 2.63. The summed E-state index contributed by atoms with van der Waals surface area (Å²) in [5, 5.41) is 5.13. The highest BCUT2D eigenvalue weighted by Gasteiger charge is 2.21. The Bertz CT molecular complexity index is 774. The predicted octanol–water partition coefficient (Wildman–Crippen LogP) is 0.832. The lowest BCUT2D eigenvalue weighted by Gasteiger charge is -2.23. The van der Waals surface area contributed by atoms with Crippen LogP contribution in [0.2, 0.25) is 0 Å². The van der Waals surface area contributed by atoms with Crippen molar-refractivity contribution in [2.45, 2.75) is 6.04 Å². The summed E-state index contributed by atoms with van der Waals surface area (Å²) in [6, 6.07) is 13.3. The number of likely N-dealkylation sites (N-methyl/N-ethyl adjacent to an activating group) is 1. The van der Waals surface area contributed by atoms with Gasteiger partial charge in [-0.3, -0.25) is 9.59 Å². The normalized spacial score (nSPS) is 11.8. The first kappa shape index (κ1) is 20.4. The van der Waals surface area contributed by atoms with E-state index in [2.05, 4.69) is 10.6 Å². The van der Waals surface area contributed by atoms with Crippen molar-refractivity contribution < 1.29 is 18.9 Å². The molecule has 1 atom stereocenters. The highest BCUT2D eigenvalue weighted by molar-refractivity contribution is 6.39. The van der Waals surface area contributed by atoms with E-state index in [1.54, 1.807) is 0 Å². The first-order valence-corrected chi connectivity index (χ1v) is 8.70. The second-order valence-electron chi connectivity index (χ2n) is 6.79. The fourth-order valence-electron chi connectivity index (χ4n) is 2.66. The van der Waals surface area contributed by atoms with Gasteiger partial charge in [0.25, 0.3) is 0 Å². The minimum Gasteiger partial charge on any atom is -0.378 e. The molecule has 0 aliphatic rings. The van der Waals surface area contributed by atoms with E-state index in [0.717, 1.165) is 16.2 Å². The number of rotatable bonds is 6. The molecular weight excluding hydrogens is 347 g/mol. The van der Waals surface area contributed by atoms with Crippen LogP contribution >= 0.6 is 0 Å². The second kappa shape index (κ2) is 9.14. The molecule has 2 amide bonds. The van der Waals surface area contributed by atoms with Crippen molar-refractivity contribution in [1.82, 2.24) is 5.32 Å². The lowest BCUT2D eigenvalue weighted by molar-refractivity contribution is -0.890. The van der Waals surface area contributed by atoms with Crippen LogP contribution < -0.4 is 20.4 Å². The quantitative estimate of drug-likeness (QED) is 0.658. The molecule has 0 radical (unpaired) electrons. The number of amides is 2. The summed E-state index contributed by atoms with van der Waals surface area (Å²) in [5.41, 5.74) is 2.53. The van der Waals surface area contributed by atoms with Crippen molar-refractivity contribution in [2.24, 2.45) is 0 Å². The number of nitrogens with one attached hydrogen (secondary N) is 3. The van der Waals surface area contributed by atoms with E-state index in [-0.39, 0.29) is 6.04 Å². The molecule has 0 aromatic heterocycles. The topological polar surface area (TPSA) is 65.9 Å². The van der Waals surface area contributed by atoms with E-state index in [1.165, 1.54) is 24.3 Å². The molecule has 0 aliphatic heterocycles. The Morgan fingerprint density at radius 2 is 1.59 bits per heavy atom. The van der Waals surface area contributed by atoms with Gasteiger partial charge in [0.15, 0.2) is 0 Å². The minimum atomic E-state index is -0.780. The summed E-state index contributed by atoms with van der Waals surface area (Å²) in [6.07, 6.45) is 0. The van der Waals surface area contributed by atoms with Crippen LogP contribution in [0, 0.1) is 5.82 Å². The van der Waals surface area contributed by atoms with Gasteiger partial charge >= 0.3 is 11.8 Å². The molecular formula is C20H26FN4O2+. The van der Waals surface area contributed by atoms with Crippen LogP contribution in [0.3, 0.4) is 0 Å². The molecule has 0 aliphatic carbocycles. The first-order valence-electron chi connectivity index (χ1n) is 8.70. The van der Waals surface area contributed by atoms with E-state index in [4.69, 9.17) is 0 Å². The molecule has 27 heavy (non-hydrogen) atoms. The molecule has 2 rings (SSSR count). The Balaban J connectivity index is 1.97. The van der Waals surface area contributed by atoms with Crippen LogP contribution in [-0.2, 0) is 9.59 Å². The zero-order valence-electron chi connectivity index (χ0n) is 16.0. The number of benzene rings is 2. The van der Waals surface area contributed by atoms with Gasteiger partial charge in [-0.2, -0.15) is 0 Å². The molecule has 0 spiro atoms. The number of quaternary nitrogens is 1. The van der Waals surface area contributed by atoms with Gasteiger partial charge in [-0.05, 0) is 36.4 Å². The Kier molecular flexibility index (Phi) is 6.90. The number of hydrogen-bond acceptors (Lipinski definition) is 3. The van der Waals surface area contributed by atoms with Gasteiger partial charge in [-0.25, -0.2) is 4.39 Å². The van der Waals surface area contributed by atoms with Gasteiger partial charge in [0.1, 0.15) is 11.9 Å². The Labute approximate surface area is 159 Å². The molecule has 6 nitrogen and oxygen atoms in total. The lowest BCUT2D eigenvalue weighted by atomic mass is 10.1. The van der Waals surface area contributed by atoms with E-state index in [9.17, 15) is 14.0 Å². The maximum Gasteiger partial charge on any atom is 0.313 e. The van der Waals surface area contributed by atoms with Crippen molar-refractivity contribution >= 4 is 23.2 Å².